The minimum Gasteiger partial charge on any atom is -0.489 e. The smallest absolute Gasteiger partial charge is 0.161 e. The van der Waals surface area contributed by atoms with Gasteiger partial charge in [0.25, 0.3) is 0 Å². The molecule has 0 N–H and O–H groups in total. The second kappa shape index (κ2) is 7.56. The molecule has 0 aliphatic rings. The lowest BCUT2D eigenvalue weighted by Crippen LogP contribution is -2.03. The number of halogens is 2. The lowest BCUT2D eigenvalue weighted by atomic mass is 10.3. The molecule has 1 aromatic carbocycles. The fraction of sp³-hybridized carbons (Fsp3) is 0.400. The summed E-state index contributed by atoms with van der Waals surface area (Å²) in [5.41, 5.74) is 0. The summed E-state index contributed by atoms with van der Waals surface area (Å²) in [6.45, 7) is 1.45. The molecule has 0 saturated heterocycles. The van der Waals surface area contributed by atoms with E-state index in [2.05, 4.69) is 45.2 Å². The lowest BCUT2D eigenvalue weighted by molar-refractivity contribution is 0.293. The normalized spacial score (nSPS) is 9.86. The largest absolute Gasteiger partial charge is 0.489 e. The Morgan fingerprint density at radius 1 is 0.857 bits per heavy atom. The molecular formula is C10H12I2O2. The molecule has 0 amide bonds. The molecule has 2 nitrogen and oxygen atoms in total. The highest BCUT2D eigenvalue weighted by molar-refractivity contribution is 14.1. The standard InChI is InChI=1S/C10H12I2O2/c11-5-7-13-9-3-1-2-4-10(9)14-8-6-12/h1-4H,5-8H2. The average molecular weight is 418 g/mol. The maximum Gasteiger partial charge on any atom is 0.161 e. The van der Waals surface area contributed by atoms with Gasteiger partial charge in [-0.2, -0.15) is 0 Å². The molecule has 0 aromatic heterocycles. The topological polar surface area (TPSA) is 18.5 Å². The molecule has 14 heavy (non-hydrogen) atoms. The molecule has 78 valence electrons. The number of hydrogen-bond acceptors (Lipinski definition) is 2. The summed E-state index contributed by atoms with van der Waals surface area (Å²) in [6.07, 6.45) is 0. The van der Waals surface area contributed by atoms with Gasteiger partial charge in [0.05, 0.1) is 13.2 Å². The summed E-state index contributed by atoms with van der Waals surface area (Å²) in [7, 11) is 0. The van der Waals surface area contributed by atoms with Crippen molar-refractivity contribution in [1.82, 2.24) is 0 Å². The van der Waals surface area contributed by atoms with Crippen LogP contribution in [0.2, 0.25) is 0 Å². The number of hydrogen-bond donors (Lipinski definition) is 0. The van der Waals surface area contributed by atoms with Crippen molar-refractivity contribution in [2.45, 2.75) is 0 Å². The molecule has 0 aliphatic carbocycles. The van der Waals surface area contributed by atoms with E-state index in [9.17, 15) is 0 Å². The molecule has 0 saturated carbocycles. The van der Waals surface area contributed by atoms with Gasteiger partial charge in [-0.05, 0) is 12.1 Å². The quantitative estimate of drug-likeness (QED) is 0.522. The monoisotopic (exact) mass is 418 g/mol. The SMILES string of the molecule is ICCOc1ccccc1OCCI. The van der Waals surface area contributed by atoms with Crippen LogP contribution in [0.25, 0.3) is 0 Å². The lowest BCUT2D eigenvalue weighted by Gasteiger charge is -2.10. The van der Waals surface area contributed by atoms with Crippen molar-refractivity contribution in [3.05, 3.63) is 24.3 Å². The van der Waals surface area contributed by atoms with E-state index < -0.39 is 0 Å². The fourth-order valence-corrected chi connectivity index (χ4v) is 1.43. The Balaban J connectivity index is 2.60. The van der Waals surface area contributed by atoms with Gasteiger partial charge in [-0.1, -0.05) is 57.3 Å². The molecule has 0 radical (unpaired) electrons. The molecule has 0 aliphatic heterocycles. The third kappa shape index (κ3) is 4.20. The van der Waals surface area contributed by atoms with Crippen LogP contribution >= 0.6 is 45.2 Å². The number of rotatable bonds is 6. The van der Waals surface area contributed by atoms with E-state index in [0.29, 0.717) is 0 Å². The van der Waals surface area contributed by atoms with E-state index in [0.717, 1.165) is 33.6 Å². The van der Waals surface area contributed by atoms with Gasteiger partial charge in [0.2, 0.25) is 0 Å². The summed E-state index contributed by atoms with van der Waals surface area (Å²) in [4.78, 5) is 0. The van der Waals surface area contributed by atoms with Crippen LogP contribution < -0.4 is 9.47 Å². The Kier molecular flexibility index (Phi) is 6.67. The van der Waals surface area contributed by atoms with Crippen molar-refractivity contribution in [1.29, 1.82) is 0 Å². The second-order valence-electron chi connectivity index (χ2n) is 2.52. The van der Waals surface area contributed by atoms with Gasteiger partial charge in [-0.15, -0.1) is 0 Å². The van der Waals surface area contributed by atoms with Gasteiger partial charge >= 0.3 is 0 Å². The van der Waals surface area contributed by atoms with Crippen LogP contribution in [0.5, 0.6) is 11.5 Å². The van der Waals surface area contributed by atoms with E-state index in [4.69, 9.17) is 9.47 Å². The maximum atomic E-state index is 5.55. The highest BCUT2D eigenvalue weighted by Crippen LogP contribution is 2.26. The molecule has 1 aromatic rings. The summed E-state index contributed by atoms with van der Waals surface area (Å²) in [6, 6.07) is 7.79. The Labute approximate surface area is 112 Å². The molecule has 0 bridgehead atoms. The van der Waals surface area contributed by atoms with E-state index in [1.807, 2.05) is 24.3 Å². The fourth-order valence-electron chi connectivity index (χ4n) is 0.986. The minimum atomic E-state index is 0.727. The Morgan fingerprint density at radius 2 is 1.29 bits per heavy atom. The van der Waals surface area contributed by atoms with Crippen LogP contribution in [0.15, 0.2) is 24.3 Å². The number of para-hydroxylation sites is 2. The van der Waals surface area contributed by atoms with Crippen molar-refractivity contribution in [3.8, 4) is 11.5 Å². The summed E-state index contributed by atoms with van der Waals surface area (Å²) < 4.78 is 13.1. The number of ether oxygens (including phenoxy) is 2. The average Bonchev–Trinajstić information content (AvgIpc) is 2.24. The Hall–Kier alpha value is 0.280. The maximum absolute atomic E-state index is 5.55. The predicted molar refractivity (Wildman–Crippen MR) is 75.2 cm³/mol. The highest BCUT2D eigenvalue weighted by Gasteiger charge is 2.02. The van der Waals surface area contributed by atoms with Gasteiger partial charge in [0.15, 0.2) is 11.5 Å². The van der Waals surface area contributed by atoms with Crippen LogP contribution in [-0.2, 0) is 0 Å². The van der Waals surface area contributed by atoms with E-state index in [1.54, 1.807) is 0 Å². The van der Waals surface area contributed by atoms with Crippen molar-refractivity contribution < 1.29 is 9.47 Å². The number of alkyl halides is 2. The second-order valence-corrected chi connectivity index (χ2v) is 4.68. The molecule has 0 spiro atoms. The van der Waals surface area contributed by atoms with Crippen molar-refractivity contribution >= 4 is 45.2 Å². The molecule has 0 atom stereocenters. The van der Waals surface area contributed by atoms with Gasteiger partial charge < -0.3 is 9.47 Å². The molecule has 0 unspecified atom stereocenters. The van der Waals surface area contributed by atoms with Gasteiger partial charge in [0.1, 0.15) is 0 Å². The zero-order valence-electron chi connectivity index (χ0n) is 7.71. The van der Waals surface area contributed by atoms with E-state index in [-0.39, 0.29) is 0 Å². The van der Waals surface area contributed by atoms with Gasteiger partial charge in [-0.25, -0.2) is 0 Å². The van der Waals surface area contributed by atoms with Crippen LogP contribution in [-0.4, -0.2) is 22.1 Å². The molecule has 0 fully saturated rings. The van der Waals surface area contributed by atoms with Crippen LogP contribution in [0, 0.1) is 0 Å². The minimum absolute atomic E-state index is 0.727. The third-order valence-corrected chi connectivity index (χ3v) is 2.40. The van der Waals surface area contributed by atoms with Crippen molar-refractivity contribution in [2.75, 3.05) is 22.1 Å². The van der Waals surface area contributed by atoms with Crippen molar-refractivity contribution in [2.24, 2.45) is 0 Å². The van der Waals surface area contributed by atoms with E-state index >= 15 is 0 Å². The third-order valence-electron chi connectivity index (χ3n) is 1.52. The Morgan fingerprint density at radius 3 is 1.64 bits per heavy atom. The number of benzene rings is 1. The first-order valence-electron chi connectivity index (χ1n) is 4.35. The van der Waals surface area contributed by atoms with Gasteiger partial charge in [-0.3, -0.25) is 0 Å². The molecule has 4 heteroatoms. The van der Waals surface area contributed by atoms with Crippen LogP contribution in [0.1, 0.15) is 0 Å². The van der Waals surface area contributed by atoms with Crippen LogP contribution in [0.4, 0.5) is 0 Å². The van der Waals surface area contributed by atoms with Crippen LogP contribution in [0.3, 0.4) is 0 Å². The summed E-state index contributed by atoms with van der Waals surface area (Å²) >= 11 is 4.58. The molecule has 1 rings (SSSR count). The zero-order chi connectivity index (χ0) is 10.2. The predicted octanol–water partition coefficient (Wildman–Crippen LogP) is 3.31. The summed E-state index contributed by atoms with van der Waals surface area (Å²) in [5, 5.41) is 0. The molecular weight excluding hydrogens is 406 g/mol. The first-order chi connectivity index (χ1) is 6.88. The first kappa shape index (κ1) is 12.4. The van der Waals surface area contributed by atoms with E-state index in [1.165, 1.54) is 0 Å². The molecule has 0 heterocycles. The highest BCUT2D eigenvalue weighted by atomic mass is 127. The Bertz CT molecular complexity index is 239. The van der Waals surface area contributed by atoms with Gasteiger partial charge in [0, 0.05) is 8.86 Å². The van der Waals surface area contributed by atoms with Crippen molar-refractivity contribution in [3.63, 3.8) is 0 Å². The first-order valence-corrected chi connectivity index (χ1v) is 7.40. The zero-order valence-corrected chi connectivity index (χ0v) is 12.0. The summed E-state index contributed by atoms with van der Waals surface area (Å²) in [5.74, 6) is 1.68.